The van der Waals surface area contributed by atoms with E-state index in [9.17, 15) is 9.90 Å². The van der Waals surface area contributed by atoms with Gasteiger partial charge in [-0.1, -0.05) is 30.3 Å². The van der Waals surface area contributed by atoms with Crippen LogP contribution in [-0.2, 0) is 11.2 Å². The zero-order valence-electron chi connectivity index (χ0n) is 12.7. The highest BCUT2D eigenvalue weighted by molar-refractivity contribution is 6.01. The lowest BCUT2D eigenvalue weighted by Crippen LogP contribution is -2.25. The van der Waals surface area contributed by atoms with Crippen LogP contribution >= 0.6 is 0 Å². The van der Waals surface area contributed by atoms with Crippen molar-refractivity contribution in [1.29, 1.82) is 0 Å². The van der Waals surface area contributed by atoms with Crippen molar-refractivity contribution < 1.29 is 14.6 Å². The second-order valence-corrected chi connectivity index (χ2v) is 5.35. The van der Waals surface area contributed by atoms with Gasteiger partial charge in [0.15, 0.2) is 0 Å². The molecular formula is C18H19NO3. The van der Waals surface area contributed by atoms with Crippen molar-refractivity contribution >= 4 is 11.6 Å². The second kappa shape index (κ2) is 5.81. The predicted molar refractivity (Wildman–Crippen MR) is 85.2 cm³/mol. The Balaban J connectivity index is 1.97. The van der Waals surface area contributed by atoms with E-state index in [0.29, 0.717) is 18.7 Å². The molecule has 1 N–H and O–H groups in total. The van der Waals surface area contributed by atoms with Crippen LogP contribution in [0.4, 0.5) is 5.69 Å². The molecule has 4 nitrogen and oxygen atoms in total. The molecule has 4 heteroatoms. The summed E-state index contributed by atoms with van der Waals surface area (Å²) in [4.78, 5) is 13.7. The SMILES string of the molecule is CCN1C(=O)Cc2cc(C(O)c3ccccc3OC)ccc21. The molecule has 1 heterocycles. The van der Waals surface area contributed by atoms with Gasteiger partial charge in [-0.15, -0.1) is 0 Å². The number of methoxy groups -OCH3 is 1. The Morgan fingerprint density at radius 2 is 2.05 bits per heavy atom. The average molecular weight is 297 g/mol. The molecule has 0 fully saturated rings. The Hall–Kier alpha value is -2.33. The molecule has 0 bridgehead atoms. The van der Waals surface area contributed by atoms with Crippen LogP contribution < -0.4 is 9.64 Å². The molecular weight excluding hydrogens is 278 g/mol. The van der Waals surface area contributed by atoms with E-state index in [0.717, 1.165) is 22.4 Å². The van der Waals surface area contributed by atoms with E-state index in [1.807, 2.05) is 49.4 Å². The van der Waals surface area contributed by atoms with Crippen molar-refractivity contribution in [1.82, 2.24) is 0 Å². The smallest absolute Gasteiger partial charge is 0.231 e. The van der Waals surface area contributed by atoms with E-state index in [2.05, 4.69) is 0 Å². The summed E-state index contributed by atoms with van der Waals surface area (Å²) in [5.74, 6) is 0.767. The lowest BCUT2D eigenvalue weighted by molar-refractivity contribution is -0.117. The van der Waals surface area contributed by atoms with Crippen LogP contribution in [0.2, 0.25) is 0 Å². The number of fused-ring (bicyclic) bond motifs is 1. The molecule has 0 saturated carbocycles. The molecule has 0 radical (unpaired) electrons. The lowest BCUT2D eigenvalue weighted by atomic mass is 9.98. The van der Waals surface area contributed by atoms with Gasteiger partial charge in [-0.05, 0) is 30.2 Å². The van der Waals surface area contributed by atoms with Gasteiger partial charge in [0.1, 0.15) is 11.9 Å². The number of aliphatic hydroxyl groups is 1. The number of carbonyl (C=O) groups excluding carboxylic acids is 1. The number of carbonyl (C=O) groups is 1. The summed E-state index contributed by atoms with van der Waals surface area (Å²) in [5.41, 5.74) is 3.41. The summed E-state index contributed by atoms with van der Waals surface area (Å²) in [6.07, 6.45) is -0.373. The van der Waals surface area contributed by atoms with Crippen molar-refractivity contribution in [3.8, 4) is 5.75 Å². The van der Waals surface area contributed by atoms with Crippen LogP contribution in [0, 0.1) is 0 Å². The standard InChI is InChI=1S/C18H19NO3/c1-3-19-15-9-8-12(10-13(15)11-17(19)20)18(21)14-6-4-5-7-16(14)22-2/h4-10,18,21H,3,11H2,1-2H3. The number of hydrogen-bond acceptors (Lipinski definition) is 3. The maximum atomic E-state index is 12.0. The van der Waals surface area contributed by atoms with Gasteiger partial charge in [0.05, 0.1) is 13.5 Å². The second-order valence-electron chi connectivity index (χ2n) is 5.35. The first-order valence-corrected chi connectivity index (χ1v) is 7.40. The molecule has 2 aromatic rings. The van der Waals surface area contributed by atoms with Crippen molar-refractivity contribution in [3.05, 3.63) is 59.2 Å². The minimum Gasteiger partial charge on any atom is -0.496 e. The molecule has 1 atom stereocenters. The number of benzene rings is 2. The topological polar surface area (TPSA) is 49.8 Å². The molecule has 114 valence electrons. The van der Waals surface area contributed by atoms with Crippen molar-refractivity contribution in [2.24, 2.45) is 0 Å². The van der Waals surface area contributed by atoms with E-state index >= 15 is 0 Å². The minimum absolute atomic E-state index is 0.112. The maximum Gasteiger partial charge on any atom is 0.231 e. The van der Waals surface area contributed by atoms with Gasteiger partial charge in [0, 0.05) is 17.8 Å². The lowest BCUT2D eigenvalue weighted by Gasteiger charge is -2.17. The van der Waals surface area contributed by atoms with E-state index in [4.69, 9.17) is 4.74 Å². The Bertz CT molecular complexity index is 711. The van der Waals surface area contributed by atoms with Crippen LogP contribution in [0.1, 0.15) is 29.7 Å². The highest BCUT2D eigenvalue weighted by Gasteiger charge is 2.27. The fraction of sp³-hybridized carbons (Fsp3) is 0.278. The number of para-hydroxylation sites is 1. The number of ether oxygens (including phenoxy) is 1. The van der Waals surface area contributed by atoms with Gasteiger partial charge < -0.3 is 14.7 Å². The van der Waals surface area contributed by atoms with Crippen LogP contribution in [-0.4, -0.2) is 24.7 Å². The third kappa shape index (κ3) is 2.35. The molecule has 1 aliphatic rings. The summed E-state index contributed by atoms with van der Waals surface area (Å²) in [7, 11) is 1.59. The fourth-order valence-electron chi connectivity index (χ4n) is 2.99. The molecule has 1 aliphatic heterocycles. The molecule has 1 amide bonds. The summed E-state index contributed by atoms with van der Waals surface area (Å²) in [5, 5.41) is 10.6. The Morgan fingerprint density at radius 1 is 1.27 bits per heavy atom. The van der Waals surface area contributed by atoms with E-state index in [1.54, 1.807) is 12.0 Å². The van der Waals surface area contributed by atoms with Crippen LogP contribution in [0.25, 0.3) is 0 Å². The maximum absolute atomic E-state index is 12.0. The van der Waals surface area contributed by atoms with E-state index in [1.165, 1.54) is 0 Å². The number of likely N-dealkylation sites (N-methyl/N-ethyl adjacent to an activating group) is 1. The fourth-order valence-corrected chi connectivity index (χ4v) is 2.99. The van der Waals surface area contributed by atoms with Gasteiger partial charge in [0.25, 0.3) is 0 Å². The molecule has 1 unspecified atom stereocenters. The molecule has 0 saturated heterocycles. The summed E-state index contributed by atoms with van der Waals surface area (Å²) in [6, 6.07) is 13.1. The van der Waals surface area contributed by atoms with Gasteiger partial charge >= 0.3 is 0 Å². The number of nitrogens with zero attached hydrogens (tertiary/aromatic N) is 1. The first-order chi connectivity index (χ1) is 10.7. The predicted octanol–water partition coefficient (Wildman–Crippen LogP) is 2.69. The third-order valence-corrected chi connectivity index (χ3v) is 4.10. The average Bonchev–Trinajstić information content (AvgIpc) is 2.88. The first kappa shape index (κ1) is 14.6. The van der Waals surface area contributed by atoms with Crippen molar-refractivity contribution in [2.75, 3.05) is 18.6 Å². The van der Waals surface area contributed by atoms with Crippen LogP contribution in [0.3, 0.4) is 0 Å². The zero-order valence-corrected chi connectivity index (χ0v) is 12.7. The molecule has 0 aliphatic carbocycles. The molecule has 2 aromatic carbocycles. The first-order valence-electron chi connectivity index (χ1n) is 7.40. The number of aliphatic hydroxyl groups excluding tert-OH is 1. The van der Waals surface area contributed by atoms with E-state index < -0.39 is 6.10 Å². The van der Waals surface area contributed by atoms with E-state index in [-0.39, 0.29) is 5.91 Å². The molecule has 0 spiro atoms. The van der Waals surface area contributed by atoms with Crippen LogP contribution in [0.15, 0.2) is 42.5 Å². The van der Waals surface area contributed by atoms with Crippen LogP contribution in [0.5, 0.6) is 5.75 Å². The molecule has 22 heavy (non-hydrogen) atoms. The molecule has 0 aromatic heterocycles. The van der Waals surface area contributed by atoms with Gasteiger partial charge in [-0.25, -0.2) is 0 Å². The Labute approximate surface area is 130 Å². The zero-order chi connectivity index (χ0) is 15.7. The summed E-state index contributed by atoms with van der Waals surface area (Å²) < 4.78 is 5.31. The number of hydrogen-bond donors (Lipinski definition) is 1. The summed E-state index contributed by atoms with van der Waals surface area (Å²) in [6.45, 7) is 2.63. The number of rotatable bonds is 4. The van der Waals surface area contributed by atoms with Gasteiger partial charge in [-0.2, -0.15) is 0 Å². The van der Waals surface area contributed by atoms with Gasteiger partial charge in [-0.3, -0.25) is 4.79 Å². The molecule has 3 rings (SSSR count). The monoisotopic (exact) mass is 297 g/mol. The van der Waals surface area contributed by atoms with Gasteiger partial charge in [0.2, 0.25) is 5.91 Å². The largest absolute Gasteiger partial charge is 0.496 e. The third-order valence-electron chi connectivity index (χ3n) is 4.10. The highest BCUT2D eigenvalue weighted by Crippen LogP contribution is 2.35. The van der Waals surface area contributed by atoms with Crippen molar-refractivity contribution in [2.45, 2.75) is 19.4 Å². The summed E-state index contributed by atoms with van der Waals surface area (Å²) >= 11 is 0. The van der Waals surface area contributed by atoms with Crippen molar-refractivity contribution in [3.63, 3.8) is 0 Å². The number of anilines is 1. The Morgan fingerprint density at radius 3 is 2.77 bits per heavy atom. The highest BCUT2D eigenvalue weighted by atomic mass is 16.5. The normalized spacial score (nSPS) is 14.9. The quantitative estimate of drug-likeness (QED) is 0.944. The number of amides is 1. The minimum atomic E-state index is -0.771. The Kier molecular flexibility index (Phi) is 3.86.